The van der Waals surface area contributed by atoms with Crippen molar-refractivity contribution in [2.45, 2.75) is 77.3 Å². The van der Waals surface area contributed by atoms with E-state index in [0.29, 0.717) is 18.2 Å². The molecule has 26 heavy (non-hydrogen) atoms. The van der Waals surface area contributed by atoms with Gasteiger partial charge in [0.2, 0.25) is 0 Å². The van der Waals surface area contributed by atoms with Crippen molar-refractivity contribution in [1.82, 2.24) is 10.2 Å². The van der Waals surface area contributed by atoms with E-state index >= 15 is 0 Å². The predicted molar refractivity (Wildman–Crippen MR) is 106 cm³/mol. The van der Waals surface area contributed by atoms with Gasteiger partial charge in [-0.1, -0.05) is 24.5 Å². The summed E-state index contributed by atoms with van der Waals surface area (Å²) in [7, 11) is 0. The Kier molecular flexibility index (Phi) is 6.58. The number of amides is 1. The molecule has 0 bridgehead atoms. The van der Waals surface area contributed by atoms with Crippen LogP contribution in [0.5, 0.6) is 5.75 Å². The summed E-state index contributed by atoms with van der Waals surface area (Å²) in [6.07, 6.45) is 10.5. The number of nitrogens with zero attached hydrogens (tertiary/aromatic N) is 1. The second kappa shape index (κ2) is 8.90. The largest absolute Gasteiger partial charge is 0.507 e. The normalized spacial score (nSPS) is 26.3. The van der Waals surface area contributed by atoms with E-state index in [-0.39, 0.29) is 11.7 Å². The minimum Gasteiger partial charge on any atom is -0.507 e. The molecule has 0 spiro atoms. The van der Waals surface area contributed by atoms with Gasteiger partial charge < -0.3 is 10.4 Å². The third-order valence-electron chi connectivity index (χ3n) is 6.34. The van der Waals surface area contributed by atoms with E-state index in [4.69, 9.17) is 0 Å². The Morgan fingerprint density at radius 3 is 2.85 bits per heavy atom. The number of aryl methyl sites for hydroxylation is 1. The monoisotopic (exact) mass is 358 g/mol. The fourth-order valence-electron chi connectivity index (χ4n) is 4.84. The van der Waals surface area contributed by atoms with Crippen LogP contribution in [0.25, 0.3) is 0 Å². The van der Waals surface area contributed by atoms with E-state index in [1.54, 1.807) is 12.1 Å². The van der Waals surface area contributed by atoms with Crippen molar-refractivity contribution < 1.29 is 9.90 Å². The number of piperidine rings is 1. The number of phenolic OH excluding ortho intramolecular Hbond substituents is 1. The van der Waals surface area contributed by atoms with Gasteiger partial charge in [-0.25, -0.2) is 0 Å². The lowest BCUT2D eigenvalue weighted by atomic mass is 9.76. The van der Waals surface area contributed by atoms with Crippen LogP contribution in [0.3, 0.4) is 0 Å². The molecule has 4 heteroatoms. The van der Waals surface area contributed by atoms with Crippen LogP contribution in [0.4, 0.5) is 0 Å². The third-order valence-corrected chi connectivity index (χ3v) is 6.34. The first-order valence-electron chi connectivity index (χ1n) is 10.4. The topological polar surface area (TPSA) is 52.6 Å². The minimum absolute atomic E-state index is 0.0542. The summed E-state index contributed by atoms with van der Waals surface area (Å²) in [5, 5.41) is 12.8. The third kappa shape index (κ3) is 4.59. The van der Waals surface area contributed by atoms with Crippen LogP contribution >= 0.6 is 0 Å². The van der Waals surface area contributed by atoms with Gasteiger partial charge in [0.1, 0.15) is 5.75 Å². The van der Waals surface area contributed by atoms with Crippen molar-refractivity contribution >= 4 is 5.91 Å². The molecule has 2 N–H and O–H groups in total. The molecule has 3 atom stereocenters. The van der Waals surface area contributed by atoms with E-state index in [9.17, 15) is 9.90 Å². The molecule has 4 nitrogen and oxygen atoms in total. The molecule has 0 unspecified atom stereocenters. The molecule has 1 aromatic rings. The van der Waals surface area contributed by atoms with Gasteiger partial charge in [0.25, 0.3) is 5.91 Å². The number of hydrogen-bond acceptors (Lipinski definition) is 3. The molecule has 3 rings (SSSR count). The smallest absolute Gasteiger partial charge is 0.255 e. The highest BCUT2D eigenvalue weighted by Gasteiger charge is 2.35. The Balaban J connectivity index is 1.42. The van der Waals surface area contributed by atoms with Gasteiger partial charge in [-0.05, 0) is 77.0 Å². The summed E-state index contributed by atoms with van der Waals surface area (Å²) in [6, 6.07) is 6.63. The lowest BCUT2D eigenvalue weighted by Gasteiger charge is -2.48. The number of benzene rings is 1. The summed E-state index contributed by atoms with van der Waals surface area (Å²) in [6.45, 7) is 6.12. The van der Waals surface area contributed by atoms with Crippen LogP contribution in [-0.2, 0) is 0 Å². The van der Waals surface area contributed by atoms with Gasteiger partial charge in [-0.2, -0.15) is 0 Å². The van der Waals surface area contributed by atoms with Gasteiger partial charge >= 0.3 is 0 Å². The molecule has 1 aliphatic heterocycles. The van der Waals surface area contributed by atoms with Crippen LogP contribution in [0.15, 0.2) is 18.2 Å². The molecule has 1 saturated heterocycles. The maximum atomic E-state index is 12.2. The average molecular weight is 359 g/mol. The first kappa shape index (κ1) is 19.2. The van der Waals surface area contributed by atoms with Gasteiger partial charge in [0, 0.05) is 18.6 Å². The molecule has 2 fully saturated rings. The van der Waals surface area contributed by atoms with Crippen LogP contribution in [-0.4, -0.2) is 41.1 Å². The van der Waals surface area contributed by atoms with Crippen LogP contribution in [0.2, 0.25) is 0 Å². The second-order valence-electron chi connectivity index (χ2n) is 8.26. The SMILES string of the molecule is Cc1ccc(O)c(C(=O)NCCCCN2[C@H](C)CC[C@@H]3CCCC[C@H]32)c1. The van der Waals surface area contributed by atoms with Gasteiger partial charge in [-0.3, -0.25) is 9.69 Å². The van der Waals surface area contributed by atoms with E-state index in [2.05, 4.69) is 17.1 Å². The van der Waals surface area contributed by atoms with Gasteiger partial charge in [-0.15, -0.1) is 0 Å². The lowest BCUT2D eigenvalue weighted by molar-refractivity contribution is 0.0210. The van der Waals surface area contributed by atoms with Crippen LogP contribution in [0.1, 0.15) is 74.2 Å². The minimum atomic E-state index is -0.176. The number of nitrogens with one attached hydrogen (secondary N) is 1. The van der Waals surface area contributed by atoms with Crippen LogP contribution in [0, 0.1) is 12.8 Å². The number of hydrogen-bond donors (Lipinski definition) is 2. The van der Waals surface area contributed by atoms with E-state index in [1.807, 2.05) is 13.0 Å². The Bertz CT molecular complexity index is 616. The maximum Gasteiger partial charge on any atom is 0.255 e. The summed E-state index contributed by atoms with van der Waals surface area (Å²) >= 11 is 0. The number of phenols is 1. The standard InChI is InChI=1S/C22H34N2O2/c1-16-9-12-21(25)19(15-16)22(26)23-13-5-6-14-24-17(2)10-11-18-7-3-4-8-20(18)24/h9,12,15,17-18,20,25H,3-8,10-11,13-14H2,1-2H3,(H,23,26)/t17-,18+,20-/m1/s1. The molecule has 0 radical (unpaired) electrons. The number of unbranched alkanes of at least 4 members (excludes halogenated alkanes) is 1. The zero-order valence-corrected chi connectivity index (χ0v) is 16.3. The average Bonchev–Trinajstić information content (AvgIpc) is 2.64. The van der Waals surface area contributed by atoms with Crippen molar-refractivity contribution in [2.75, 3.05) is 13.1 Å². The van der Waals surface area contributed by atoms with Gasteiger partial charge in [0.05, 0.1) is 5.56 Å². The van der Waals surface area contributed by atoms with Crippen molar-refractivity contribution in [2.24, 2.45) is 5.92 Å². The first-order chi connectivity index (χ1) is 12.6. The lowest BCUT2D eigenvalue weighted by Crippen LogP contribution is -2.51. The molecule has 2 aliphatic rings. The predicted octanol–water partition coefficient (Wildman–Crippen LogP) is 4.25. The fraction of sp³-hybridized carbons (Fsp3) is 0.682. The highest BCUT2D eigenvalue weighted by atomic mass is 16.3. The summed E-state index contributed by atoms with van der Waals surface area (Å²) < 4.78 is 0. The first-order valence-corrected chi connectivity index (χ1v) is 10.4. The fourth-order valence-corrected chi connectivity index (χ4v) is 4.84. The number of carbonyl (C=O) groups is 1. The molecule has 1 heterocycles. The molecule has 1 saturated carbocycles. The van der Waals surface area contributed by atoms with Crippen molar-refractivity contribution in [3.05, 3.63) is 29.3 Å². The Labute approximate surface area is 158 Å². The highest BCUT2D eigenvalue weighted by Crippen LogP contribution is 2.37. The number of carbonyl (C=O) groups excluding carboxylic acids is 1. The number of aromatic hydroxyl groups is 1. The van der Waals surface area contributed by atoms with Crippen molar-refractivity contribution in [1.29, 1.82) is 0 Å². The molecule has 144 valence electrons. The van der Waals surface area contributed by atoms with Crippen LogP contribution < -0.4 is 5.32 Å². The molecule has 1 aromatic carbocycles. The van der Waals surface area contributed by atoms with E-state index in [1.165, 1.54) is 38.5 Å². The summed E-state index contributed by atoms with van der Waals surface area (Å²) in [4.78, 5) is 15.0. The van der Waals surface area contributed by atoms with Crippen molar-refractivity contribution in [3.8, 4) is 5.75 Å². The van der Waals surface area contributed by atoms with Crippen molar-refractivity contribution in [3.63, 3.8) is 0 Å². The Hall–Kier alpha value is -1.55. The quantitative estimate of drug-likeness (QED) is 0.747. The zero-order chi connectivity index (χ0) is 18.5. The van der Waals surface area contributed by atoms with E-state index in [0.717, 1.165) is 36.9 Å². The molecule has 1 aliphatic carbocycles. The summed E-state index contributed by atoms with van der Waals surface area (Å²) in [5.41, 5.74) is 1.36. The number of likely N-dealkylation sites (tertiary alicyclic amines) is 1. The van der Waals surface area contributed by atoms with Gasteiger partial charge in [0.15, 0.2) is 0 Å². The Morgan fingerprint density at radius 2 is 2.00 bits per heavy atom. The Morgan fingerprint density at radius 1 is 1.19 bits per heavy atom. The molecule has 0 aromatic heterocycles. The maximum absolute atomic E-state index is 12.2. The molecule has 1 amide bonds. The number of fused-ring (bicyclic) bond motifs is 1. The molecular formula is C22H34N2O2. The number of rotatable bonds is 6. The highest BCUT2D eigenvalue weighted by molar-refractivity contribution is 5.96. The summed E-state index contributed by atoms with van der Waals surface area (Å²) in [5.74, 6) is 0.799. The molecular weight excluding hydrogens is 324 g/mol. The zero-order valence-electron chi connectivity index (χ0n) is 16.3. The van der Waals surface area contributed by atoms with E-state index < -0.39 is 0 Å². The second-order valence-corrected chi connectivity index (χ2v) is 8.26.